The Morgan fingerprint density at radius 2 is 2.42 bits per heavy atom. The molecule has 0 unspecified atom stereocenters. The van der Waals surface area contributed by atoms with Crippen LogP contribution in [0.4, 0.5) is 0 Å². The molecule has 6 nitrogen and oxygen atoms in total. The minimum Gasteiger partial charge on any atom is -0.351 e. The van der Waals surface area contributed by atoms with E-state index in [-0.39, 0.29) is 11.4 Å². The first-order chi connectivity index (χ1) is 5.49. The second-order valence-electron chi connectivity index (χ2n) is 3.55. The summed E-state index contributed by atoms with van der Waals surface area (Å²) in [5, 5.41) is 12.2. The Bertz CT molecular complexity index is 224. The van der Waals surface area contributed by atoms with Gasteiger partial charge in [-0.1, -0.05) is 19.3 Å². The Balaban J connectivity index is 2.50. The Labute approximate surface area is 70.2 Å². The molecule has 0 saturated heterocycles. The van der Waals surface area contributed by atoms with Crippen molar-refractivity contribution in [3.05, 3.63) is 10.1 Å². The van der Waals surface area contributed by atoms with E-state index < -0.39 is 5.03 Å². The van der Waals surface area contributed by atoms with Crippen LogP contribution in [0.3, 0.4) is 0 Å². The lowest BCUT2D eigenvalue weighted by molar-refractivity contribution is -0.525. The van der Waals surface area contributed by atoms with Crippen LogP contribution in [0.25, 0.3) is 0 Å². The quantitative estimate of drug-likeness (QED) is 0.422. The minimum absolute atomic E-state index is 0.0851. The Hall–Kier alpha value is -1.33. The summed E-state index contributed by atoms with van der Waals surface area (Å²) < 4.78 is 0. The van der Waals surface area contributed by atoms with Crippen LogP contribution in [-0.4, -0.2) is 24.1 Å². The maximum atomic E-state index is 10.0. The van der Waals surface area contributed by atoms with E-state index in [4.69, 9.17) is 0 Å². The number of hydrogen-bond acceptors (Lipinski definition) is 4. The number of nitrogens with zero attached hydrogens (tertiary/aromatic N) is 2. The van der Waals surface area contributed by atoms with Crippen LogP contribution >= 0.6 is 0 Å². The molecule has 0 aromatic heterocycles. The van der Waals surface area contributed by atoms with Gasteiger partial charge in [0.1, 0.15) is 0 Å². The van der Waals surface area contributed by atoms with Gasteiger partial charge in [0.25, 0.3) is 5.96 Å². The highest BCUT2D eigenvalue weighted by Crippen LogP contribution is 2.15. The summed E-state index contributed by atoms with van der Waals surface area (Å²) in [6.45, 7) is 5.40. The minimum atomic E-state index is -0.621. The predicted octanol–water partition coefficient (Wildman–Crippen LogP) is -0.247. The molecule has 0 spiro atoms. The molecule has 2 N–H and O–H groups in total. The molecule has 1 aliphatic rings. The number of nitro groups is 1. The summed E-state index contributed by atoms with van der Waals surface area (Å²) >= 11 is 0. The van der Waals surface area contributed by atoms with E-state index in [9.17, 15) is 10.1 Å². The molecule has 12 heavy (non-hydrogen) atoms. The van der Waals surface area contributed by atoms with Crippen LogP contribution in [0.5, 0.6) is 0 Å². The van der Waals surface area contributed by atoms with Crippen molar-refractivity contribution in [2.75, 3.05) is 13.1 Å². The SMILES string of the molecule is CC1(C)CN=C(N[N+](=O)[O-])NC1. The first-order valence-electron chi connectivity index (χ1n) is 3.69. The molecule has 0 saturated carbocycles. The zero-order valence-electron chi connectivity index (χ0n) is 7.13. The second kappa shape index (κ2) is 2.96. The normalized spacial score (nSPS) is 20.7. The van der Waals surface area contributed by atoms with Crippen LogP contribution in [0.1, 0.15) is 13.8 Å². The molecular formula is C6H12N4O2. The number of hydrogen-bond donors (Lipinski definition) is 2. The van der Waals surface area contributed by atoms with Crippen molar-refractivity contribution in [3.63, 3.8) is 0 Å². The molecular weight excluding hydrogens is 160 g/mol. The highest BCUT2D eigenvalue weighted by molar-refractivity contribution is 5.79. The van der Waals surface area contributed by atoms with Gasteiger partial charge in [-0.25, -0.2) is 15.1 Å². The zero-order valence-corrected chi connectivity index (χ0v) is 7.13. The molecule has 1 heterocycles. The van der Waals surface area contributed by atoms with E-state index in [1.807, 2.05) is 19.3 Å². The number of aliphatic imine (C=N–C) groups is 1. The molecule has 0 amide bonds. The smallest absolute Gasteiger partial charge is 0.254 e. The number of nitrogens with one attached hydrogen (secondary N) is 2. The summed E-state index contributed by atoms with van der Waals surface area (Å²) in [7, 11) is 0. The lowest BCUT2D eigenvalue weighted by atomic mass is 9.93. The van der Waals surface area contributed by atoms with Gasteiger partial charge in [-0.3, -0.25) is 0 Å². The highest BCUT2D eigenvalue weighted by Gasteiger charge is 2.23. The van der Waals surface area contributed by atoms with Crippen molar-refractivity contribution in [3.8, 4) is 0 Å². The van der Waals surface area contributed by atoms with Gasteiger partial charge in [0.2, 0.25) is 0 Å². The molecule has 68 valence electrons. The van der Waals surface area contributed by atoms with Crippen molar-refractivity contribution in [1.82, 2.24) is 10.7 Å². The van der Waals surface area contributed by atoms with Crippen molar-refractivity contribution in [2.24, 2.45) is 10.4 Å². The third-order valence-corrected chi connectivity index (χ3v) is 1.60. The first kappa shape index (κ1) is 8.76. The number of rotatable bonds is 1. The van der Waals surface area contributed by atoms with Gasteiger partial charge >= 0.3 is 0 Å². The fourth-order valence-electron chi connectivity index (χ4n) is 0.889. The Morgan fingerprint density at radius 3 is 2.83 bits per heavy atom. The van der Waals surface area contributed by atoms with Crippen LogP contribution in [-0.2, 0) is 0 Å². The van der Waals surface area contributed by atoms with Crippen molar-refractivity contribution >= 4 is 5.96 Å². The second-order valence-corrected chi connectivity index (χ2v) is 3.55. The van der Waals surface area contributed by atoms with Crippen molar-refractivity contribution in [2.45, 2.75) is 13.8 Å². The molecule has 0 aliphatic carbocycles. The lowest BCUT2D eigenvalue weighted by Gasteiger charge is -2.27. The fraction of sp³-hybridized carbons (Fsp3) is 0.833. The topological polar surface area (TPSA) is 79.6 Å². The fourth-order valence-corrected chi connectivity index (χ4v) is 0.889. The van der Waals surface area contributed by atoms with Crippen molar-refractivity contribution in [1.29, 1.82) is 0 Å². The van der Waals surface area contributed by atoms with E-state index in [0.29, 0.717) is 13.1 Å². The number of guanidine groups is 1. The summed E-state index contributed by atoms with van der Waals surface area (Å²) in [6.07, 6.45) is 0. The molecule has 1 aliphatic heterocycles. The van der Waals surface area contributed by atoms with E-state index in [1.165, 1.54) is 0 Å². The summed E-state index contributed by atoms with van der Waals surface area (Å²) in [5.41, 5.74) is 2.07. The summed E-state index contributed by atoms with van der Waals surface area (Å²) in [5.74, 6) is 0.249. The molecule has 0 bridgehead atoms. The van der Waals surface area contributed by atoms with Gasteiger partial charge in [0.15, 0.2) is 5.03 Å². The van der Waals surface area contributed by atoms with Crippen molar-refractivity contribution < 1.29 is 5.03 Å². The molecule has 0 aromatic rings. The lowest BCUT2D eigenvalue weighted by Crippen LogP contribution is -2.48. The van der Waals surface area contributed by atoms with Crippen LogP contribution in [0, 0.1) is 15.5 Å². The van der Waals surface area contributed by atoms with Crippen LogP contribution in [0.15, 0.2) is 4.99 Å². The van der Waals surface area contributed by atoms with E-state index in [0.717, 1.165) is 0 Å². The van der Waals surface area contributed by atoms with E-state index in [1.54, 1.807) is 0 Å². The van der Waals surface area contributed by atoms with Crippen LogP contribution in [0.2, 0.25) is 0 Å². The molecule has 6 heteroatoms. The summed E-state index contributed by atoms with van der Waals surface area (Å²) in [6, 6.07) is 0. The van der Waals surface area contributed by atoms with E-state index >= 15 is 0 Å². The van der Waals surface area contributed by atoms with Gasteiger partial charge < -0.3 is 5.32 Å². The predicted molar refractivity (Wildman–Crippen MR) is 44.2 cm³/mol. The Morgan fingerprint density at radius 1 is 1.75 bits per heavy atom. The van der Waals surface area contributed by atoms with Gasteiger partial charge in [-0.05, 0) is 0 Å². The maximum Gasteiger partial charge on any atom is 0.254 e. The third kappa shape index (κ3) is 2.37. The molecule has 0 fully saturated rings. The Kier molecular flexibility index (Phi) is 2.16. The highest BCUT2D eigenvalue weighted by atomic mass is 16.7. The average molecular weight is 172 g/mol. The van der Waals surface area contributed by atoms with Gasteiger partial charge in [0, 0.05) is 18.5 Å². The zero-order chi connectivity index (χ0) is 9.19. The molecule has 0 atom stereocenters. The standard InChI is InChI=1S/C6H12N4O2/c1-6(2)3-7-5(8-4-6)9-10(11)12/h3-4H2,1-2H3,(H2,7,8,9). The number of hydrazine groups is 1. The average Bonchev–Trinajstić information content (AvgIpc) is 1.93. The monoisotopic (exact) mass is 172 g/mol. The molecule has 0 aromatic carbocycles. The maximum absolute atomic E-state index is 10.0. The largest absolute Gasteiger partial charge is 0.351 e. The third-order valence-electron chi connectivity index (χ3n) is 1.60. The molecule has 0 radical (unpaired) electrons. The molecule has 1 rings (SSSR count). The van der Waals surface area contributed by atoms with Gasteiger partial charge in [-0.15, -0.1) is 0 Å². The van der Waals surface area contributed by atoms with Gasteiger partial charge in [-0.2, -0.15) is 0 Å². The summed E-state index contributed by atoms with van der Waals surface area (Å²) in [4.78, 5) is 14.0. The van der Waals surface area contributed by atoms with E-state index in [2.05, 4.69) is 10.3 Å². The first-order valence-corrected chi connectivity index (χ1v) is 3.69. The van der Waals surface area contributed by atoms with Crippen LogP contribution < -0.4 is 10.7 Å². The van der Waals surface area contributed by atoms with Gasteiger partial charge in [0.05, 0.1) is 0 Å².